The summed E-state index contributed by atoms with van der Waals surface area (Å²) in [5, 5.41) is 7.48. The Hall–Kier alpha value is -2.56. The molecule has 138 valence electrons. The minimum atomic E-state index is -0.149. The summed E-state index contributed by atoms with van der Waals surface area (Å²) < 4.78 is 5.55. The average molecular weight is 352 g/mol. The Morgan fingerprint density at radius 2 is 1.73 bits per heavy atom. The molecule has 0 atom stereocenters. The first-order valence-corrected chi connectivity index (χ1v) is 9.35. The third-order valence-corrected chi connectivity index (χ3v) is 5.31. The molecule has 0 radical (unpaired) electrons. The molecule has 2 saturated carbocycles. The first-order chi connectivity index (χ1) is 12.6. The molecular weight excluding hydrogens is 324 g/mol. The summed E-state index contributed by atoms with van der Waals surface area (Å²) in [6.07, 6.45) is 12.4. The van der Waals surface area contributed by atoms with Gasteiger partial charge in [0, 0.05) is 11.9 Å². The van der Waals surface area contributed by atoms with E-state index >= 15 is 0 Å². The van der Waals surface area contributed by atoms with Crippen LogP contribution in [-0.2, 0) is 6.61 Å². The van der Waals surface area contributed by atoms with Crippen molar-refractivity contribution in [2.75, 3.05) is 5.73 Å². The van der Waals surface area contributed by atoms with Crippen LogP contribution in [0, 0.1) is 10.8 Å². The van der Waals surface area contributed by atoms with Crippen molar-refractivity contribution >= 4 is 11.5 Å². The van der Waals surface area contributed by atoms with E-state index in [0.717, 1.165) is 11.0 Å². The first-order valence-electron chi connectivity index (χ1n) is 9.35. The van der Waals surface area contributed by atoms with E-state index in [0.29, 0.717) is 17.9 Å². The SMILES string of the molecule is C1CCC2(CC1)CC2.N=C(N)c1c(N)ccnc1OCc1ccccc1. The molecule has 4 rings (SSSR count). The van der Waals surface area contributed by atoms with Crippen molar-refractivity contribution in [3.8, 4) is 5.88 Å². The smallest absolute Gasteiger partial charge is 0.226 e. The van der Waals surface area contributed by atoms with Gasteiger partial charge in [0.1, 0.15) is 18.0 Å². The van der Waals surface area contributed by atoms with Crippen LogP contribution in [0.3, 0.4) is 0 Å². The minimum Gasteiger partial charge on any atom is -0.472 e. The number of hydrogen-bond donors (Lipinski definition) is 3. The highest BCUT2D eigenvalue weighted by atomic mass is 16.5. The summed E-state index contributed by atoms with van der Waals surface area (Å²) in [4.78, 5) is 4.05. The number of aromatic nitrogens is 1. The second kappa shape index (κ2) is 8.21. The molecule has 0 bridgehead atoms. The lowest BCUT2D eigenvalue weighted by molar-refractivity contribution is 0.293. The molecule has 1 aromatic carbocycles. The average Bonchev–Trinajstić information content (AvgIpc) is 3.40. The van der Waals surface area contributed by atoms with E-state index in [9.17, 15) is 0 Å². The molecule has 2 aliphatic rings. The van der Waals surface area contributed by atoms with E-state index in [-0.39, 0.29) is 11.7 Å². The molecule has 5 nitrogen and oxygen atoms in total. The number of hydrogen-bond acceptors (Lipinski definition) is 4. The van der Waals surface area contributed by atoms with Gasteiger partial charge in [-0.05, 0) is 42.7 Å². The molecule has 2 aromatic rings. The standard InChI is InChI=1S/C13H14N4O.C8H14/c14-10-6-7-17-13(11(10)12(15)16)18-8-9-4-2-1-3-5-9;1-2-4-8(5-3-1)6-7-8/h1-7H,8H2,(H2,14,17)(H3,15,16);1-7H2. The van der Waals surface area contributed by atoms with Gasteiger partial charge in [0.2, 0.25) is 5.88 Å². The Balaban J connectivity index is 0.000000201. The van der Waals surface area contributed by atoms with Crippen molar-refractivity contribution < 1.29 is 4.74 Å². The van der Waals surface area contributed by atoms with Crippen molar-refractivity contribution in [3.05, 3.63) is 53.7 Å². The molecule has 5 N–H and O–H groups in total. The molecule has 1 spiro atoms. The lowest BCUT2D eigenvalue weighted by Gasteiger charge is -2.19. The zero-order valence-corrected chi connectivity index (χ0v) is 15.2. The molecule has 2 fully saturated rings. The third kappa shape index (κ3) is 4.75. The number of pyridine rings is 1. The quantitative estimate of drug-likeness (QED) is 0.565. The van der Waals surface area contributed by atoms with Crippen molar-refractivity contribution in [1.29, 1.82) is 5.41 Å². The summed E-state index contributed by atoms with van der Waals surface area (Å²) in [7, 11) is 0. The van der Waals surface area contributed by atoms with Crippen LogP contribution in [0.2, 0.25) is 0 Å². The van der Waals surface area contributed by atoms with Crippen LogP contribution in [0.15, 0.2) is 42.6 Å². The maximum Gasteiger partial charge on any atom is 0.226 e. The van der Waals surface area contributed by atoms with Crippen molar-refractivity contribution in [2.24, 2.45) is 11.1 Å². The van der Waals surface area contributed by atoms with Gasteiger partial charge in [-0.1, -0.05) is 49.6 Å². The van der Waals surface area contributed by atoms with E-state index in [1.165, 1.54) is 25.5 Å². The molecule has 0 amide bonds. The Labute approximate surface area is 155 Å². The van der Waals surface area contributed by atoms with Gasteiger partial charge in [0.15, 0.2) is 0 Å². The summed E-state index contributed by atoms with van der Waals surface area (Å²) in [5.41, 5.74) is 13.9. The Kier molecular flexibility index (Phi) is 5.76. The van der Waals surface area contributed by atoms with Gasteiger partial charge in [-0.15, -0.1) is 0 Å². The van der Waals surface area contributed by atoms with Gasteiger partial charge in [-0.25, -0.2) is 4.98 Å². The zero-order valence-electron chi connectivity index (χ0n) is 15.2. The predicted octanol–water partition coefficient (Wildman–Crippen LogP) is 4.26. The molecular formula is C21H28N4O. The van der Waals surface area contributed by atoms with Gasteiger partial charge in [0.05, 0.1) is 0 Å². The normalized spacial score (nSPS) is 17.1. The van der Waals surface area contributed by atoms with Crippen molar-refractivity contribution in [1.82, 2.24) is 4.98 Å². The van der Waals surface area contributed by atoms with E-state index in [2.05, 4.69) is 4.98 Å². The number of nitrogens with zero attached hydrogens (tertiary/aromatic N) is 1. The maximum absolute atomic E-state index is 7.48. The fourth-order valence-electron chi connectivity index (χ4n) is 3.54. The van der Waals surface area contributed by atoms with Gasteiger partial charge in [-0.3, -0.25) is 5.41 Å². The lowest BCUT2D eigenvalue weighted by atomic mass is 9.87. The van der Waals surface area contributed by atoms with E-state index < -0.39 is 0 Å². The number of ether oxygens (including phenoxy) is 1. The molecule has 0 saturated heterocycles. The van der Waals surface area contributed by atoms with Gasteiger partial charge in [-0.2, -0.15) is 0 Å². The maximum atomic E-state index is 7.48. The largest absolute Gasteiger partial charge is 0.472 e. The molecule has 1 aromatic heterocycles. The summed E-state index contributed by atoms with van der Waals surface area (Å²) >= 11 is 0. The van der Waals surface area contributed by atoms with Crippen LogP contribution in [0.5, 0.6) is 5.88 Å². The lowest BCUT2D eigenvalue weighted by Crippen LogP contribution is -2.16. The zero-order chi connectivity index (χ0) is 18.4. The summed E-state index contributed by atoms with van der Waals surface area (Å²) in [6, 6.07) is 11.3. The third-order valence-electron chi connectivity index (χ3n) is 5.31. The highest BCUT2D eigenvalue weighted by Gasteiger charge is 2.42. The Morgan fingerprint density at radius 3 is 2.31 bits per heavy atom. The van der Waals surface area contributed by atoms with Crippen LogP contribution in [-0.4, -0.2) is 10.8 Å². The molecule has 0 aliphatic heterocycles. The Bertz CT molecular complexity index is 733. The number of rotatable bonds is 4. The van der Waals surface area contributed by atoms with Crippen LogP contribution >= 0.6 is 0 Å². The number of nitrogens with one attached hydrogen (secondary N) is 1. The van der Waals surface area contributed by atoms with E-state index in [1.54, 1.807) is 31.7 Å². The van der Waals surface area contributed by atoms with Crippen molar-refractivity contribution in [2.45, 2.75) is 51.6 Å². The van der Waals surface area contributed by atoms with Crippen LogP contribution in [0.1, 0.15) is 56.1 Å². The molecule has 2 aliphatic carbocycles. The van der Waals surface area contributed by atoms with E-state index in [1.807, 2.05) is 30.3 Å². The summed E-state index contributed by atoms with van der Waals surface area (Å²) in [6.45, 7) is 0.359. The fraction of sp³-hybridized carbons (Fsp3) is 0.429. The second-order valence-electron chi connectivity index (χ2n) is 7.33. The van der Waals surface area contributed by atoms with E-state index in [4.69, 9.17) is 21.6 Å². The van der Waals surface area contributed by atoms with Crippen LogP contribution < -0.4 is 16.2 Å². The van der Waals surface area contributed by atoms with Crippen molar-refractivity contribution in [3.63, 3.8) is 0 Å². The molecule has 5 heteroatoms. The number of anilines is 1. The fourth-order valence-corrected chi connectivity index (χ4v) is 3.54. The number of amidine groups is 1. The number of benzene rings is 1. The molecule has 26 heavy (non-hydrogen) atoms. The second-order valence-corrected chi connectivity index (χ2v) is 7.33. The molecule has 1 heterocycles. The van der Waals surface area contributed by atoms with Crippen LogP contribution in [0.25, 0.3) is 0 Å². The van der Waals surface area contributed by atoms with Gasteiger partial charge < -0.3 is 16.2 Å². The number of nitrogen functional groups attached to an aromatic ring is 2. The van der Waals surface area contributed by atoms with Gasteiger partial charge >= 0.3 is 0 Å². The molecule has 0 unspecified atom stereocenters. The monoisotopic (exact) mass is 352 g/mol. The number of nitrogens with two attached hydrogens (primary N) is 2. The minimum absolute atomic E-state index is 0.149. The summed E-state index contributed by atoms with van der Waals surface area (Å²) in [5.74, 6) is 0.134. The highest BCUT2D eigenvalue weighted by molar-refractivity contribution is 6.01. The Morgan fingerprint density at radius 1 is 1.04 bits per heavy atom. The first kappa shape index (κ1) is 18.2. The van der Waals surface area contributed by atoms with Crippen LogP contribution in [0.4, 0.5) is 5.69 Å². The topological polar surface area (TPSA) is 98.0 Å². The predicted molar refractivity (Wildman–Crippen MR) is 105 cm³/mol. The highest BCUT2D eigenvalue weighted by Crippen LogP contribution is 2.55. The van der Waals surface area contributed by atoms with Gasteiger partial charge in [0.25, 0.3) is 0 Å².